The predicted octanol–water partition coefficient (Wildman–Crippen LogP) is 3.41. The molecule has 0 saturated carbocycles. The van der Waals surface area contributed by atoms with Crippen molar-refractivity contribution in [3.63, 3.8) is 0 Å². The molecule has 0 spiro atoms. The van der Waals surface area contributed by atoms with Gasteiger partial charge in [0.2, 0.25) is 11.8 Å². The number of rotatable bonds is 3. The van der Waals surface area contributed by atoms with Crippen LogP contribution >= 0.6 is 0 Å². The Morgan fingerprint density at radius 2 is 1.84 bits per heavy atom. The van der Waals surface area contributed by atoms with Crippen molar-refractivity contribution in [2.24, 2.45) is 5.92 Å². The van der Waals surface area contributed by atoms with Gasteiger partial charge in [0.05, 0.1) is 11.7 Å². The summed E-state index contributed by atoms with van der Waals surface area (Å²) in [5.74, 6) is 0.498. The van der Waals surface area contributed by atoms with Crippen molar-refractivity contribution in [3.05, 3.63) is 46.6 Å². The molecule has 164 valence electrons. The summed E-state index contributed by atoms with van der Waals surface area (Å²) >= 11 is 0. The summed E-state index contributed by atoms with van der Waals surface area (Å²) < 4.78 is 1.52. The number of piperidine rings is 1. The molecule has 2 amide bonds. The number of aromatic nitrogens is 3. The van der Waals surface area contributed by atoms with Gasteiger partial charge in [-0.15, -0.1) is 0 Å². The second-order valence-corrected chi connectivity index (χ2v) is 8.48. The molecule has 1 saturated heterocycles. The molecule has 4 rings (SSSR count). The molecule has 2 aromatic heterocycles. The molecule has 1 fully saturated rings. The summed E-state index contributed by atoms with van der Waals surface area (Å²) in [5, 5.41) is 17.9. The lowest BCUT2D eigenvalue weighted by Gasteiger charge is -2.30. The normalized spacial score (nSPS) is 14.4. The van der Waals surface area contributed by atoms with E-state index in [1.54, 1.807) is 11.8 Å². The standard InChI is InChI=1S/C24H26N6O2/c1-14-9-16(3)22-20(10-14)15(2)11-21(27-22)30-23(19(12-25)13-26-30)28-24(32)18-5-7-29(8-6-18)17(4)31/h9-11,13,18H,5-8H2,1-4H3,(H,28,32). The Morgan fingerprint density at radius 3 is 2.50 bits per heavy atom. The van der Waals surface area contributed by atoms with Crippen LogP contribution in [-0.2, 0) is 9.59 Å². The van der Waals surface area contributed by atoms with E-state index >= 15 is 0 Å². The van der Waals surface area contributed by atoms with Gasteiger partial charge in [0.25, 0.3) is 0 Å². The number of carbonyl (C=O) groups excluding carboxylic acids is 2. The highest BCUT2D eigenvalue weighted by Crippen LogP contribution is 2.27. The number of nitriles is 1. The van der Waals surface area contributed by atoms with Crippen molar-refractivity contribution < 1.29 is 9.59 Å². The monoisotopic (exact) mass is 430 g/mol. The minimum Gasteiger partial charge on any atom is -0.343 e. The first-order valence-electron chi connectivity index (χ1n) is 10.7. The number of fused-ring (bicyclic) bond motifs is 1. The zero-order chi connectivity index (χ0) is 23.0. The van der Waals surface area contributed by atoms with Gasteiger partial charge in [-0.2, -0.15) is 15.0 Å². The van der Waals surface area contributed by atoms with Gasteiger partial charge >= 0.3 is 0 Å². The predicted molar refractivity (Wildman–Crippen MR) is 121 cm³/mol. The van der Waals surface area contributed by atoms with Crippen LogP contribution in [0, 0.1) is 38.0 Å². The van der Waals surface area contributed by atoms with E-state index in [9.17, 15) is 14.9 Å². The van der Waals surface area contributed by atoms with E-state index < -0.39 is 0 Å². The number of likely N-dealkylation sites (tertiary alicyclic amines) is 1. The summed E-state index contributed by atoms with van der Waals surface area (Å²) in [7, 11) is 0. The zero-order valence-electron chi connectivity index (χ0n) is 18.8. The first kappa shape index (κ1) is 21.5. The van der Waals surface area contributed by atoms with Crippen LogP contribution in [0.5, 0.6) is 0 Å². The molecule has 3 aromatic rings. The van der Waals surface area contributed by atoms with E-state index in [0.717, 1.165) is 22.0 Å². The zero-order valence-corrected chi connectivity index (χ0v) is 18.8. The van der Waals surface area contributed by atoms with Crippen molar-refractivity contribution >= 4 is 28.5 Å². The van der Waals surface area contributed by atoms with Crippen molar-refractivity contribution in [3.8, 4) is 11.9 Å². The van der Waals surface area contributed by atoms with Gasteiger partial charge in [-0.1, -0.05) is 11.6 Å². The van der Waals surface area contributed by atoms with Crippen LogP contribution in [0.1, 0.15) is 42.0 Å². The fraction of sp³-hybridized carbons (Fsp3) is 0.375. The molecule has 0 radical (unpaired) electrons. The SMILES string of the molecule is CC(=O)N1CCC(C(=O)Nc2c(C#N)cnn2-c2cc(C)c3cc(C)cc(C)c3n2)CC1. The van der Waals surface area contributed by atoms with E-state index in [2.05, 4.69) is 35.5 Å². The van der Waals surface area contributed by atoms with Gasteiger partial charge in [0, 0.05) is 31.3 Å². The van der Waals surface area contributed by atoms with Crippen LogP contribution < -0.4 is 5.32 Å². The molecule has 0 aliphatic carbocycles. The smallest absolute Gasteiger partial charge is 0.228 e. The van der Waals surface area contributed by atoms with Crippen LogP contribution in [0.25, 0.3) is 16.7 Å². The number of nitrogens with zero attached hydrogens (tertiary/aromatic N) is 5. The van der Waals surface area contributed by atoms with Gasteiger partial charge in [-0.3, -0.25) is 9.59 Å². The number of amides is 2. The van der Waals surface area contributed by atoms with Crippen molar-refractivity contribution in [2.75, 3.05) is 18.4 Å². The van der Waals surface area contributed by atoms with Crippen molar-refractivity contribution in [1.29, 1.82) is 5.26 Å². The summed E-state index contributed by atoms with van der Waals surface area (Å²) in [6.45, 7) is 8.75. The first-order chi connectivity index (χ1) is 15.3. The third kappa shape index (κ3) is 3.94. The second kappa shape index (κ2) is 8.42. The highest BCUT2D eigenvalue weighted by Gasteiger charge is 2.28. The Bertz CT molecular complexity index is 1260. The number of pyridine rings is 1. The number of benzene rings is 1. The minimum atomic E-state index is -0.225. The lowest BCUT2D eigenvalue weighted by Crippen LogP contribution is -2.40. The summed E-state index contributed by atoms with van der Waals surface area (Å²) in [5.41, 5.74) is 4.41. The summed E-state index contributed by atoms with van der Waals surface area (Å²) in [4.78, 5) is 31.1. The van der Waals surface area contributed by atoms with E-state index in [4.69, 9.17) is 4.98 Å². The number of aryl methyl sites for hydroxylation is 3. The van der Waals surface area contributed by atoms with Gasteiger partial charge in [-0.05, 0) is 56.9 Å². The first-order valence-corrected chi connectivity index (χ1v) is 10.7. The molecule has 1 aliphatic heterocycles. The Labute approximate surface area is 186 Å². The van der Waals surface area contributed by atoms with E-state index in [0.29, 0.717) is 37.6 Å². The quantitative estimate of drug-likeness (QED) is 0.686. The summed E-state index contributed by atoms with van der Waals surface area (Å²) in [6.07, 6.45) is 2.62. The third-order valence-electron chi connectivity index (χ3n) is 6.10. The molecule has 1 aromatic carbocycles. The molecule has 1 N–H and O–H groups in total. The average molecular weight is 431 g/mol. The molecule has 0 atom stereocenters. The van der Waals surface area contributed by atoms with Gasteiger partial charge < -0.3 is 10.2 Å². The van der Waals surface area contributed by atoms with Gasteiger partial charge in [0.1, 0.15) is 11.6 Å². The van der Waals surface area contributed by atoms with E-state index in [1.807, 2.05) is 19.9 Å². The topological polar surface area (TPSA) is 104 Å². The maximum absolute atomic E-state index is 13.0. The Hall–Kier alpha value is -3.73. The highest BCUT2D eigenvalue weighted by molar-refractivity contribution is 5.93. The Kier molecular flexibility index (Phi) is 5.66. The lowest BCUT2D eigenvalue weighted by molar-refractivity contribution is -0.132. The second-order valence-electron chi connectivity index (χ2n) is 8.48. The van der Waals surface area contributed by atoms with E-state index in [-0.39, 0.29) is 23.3 Å². The van der Waals surface area contributed by atoms with Crippen LogP contribution in [0.2, 0.25) is 0 Å². The molecule has 0 bridgehead atoms. The Balaban J connectivity index is 1.67. The molecule has 8 nitrogen and oxygen atoms in total. The molecular weight excluding hydrogens is 404 g/mol. The number of hydrogen-bond acceptors (Lipinski definition) is 5. The van der Waals surface area contributed by atoms with Gasteiger partial charge in [-0.25, -0.2) is 4.98 Å². The fourth-order valence-corrected chi connectivity index (χ4v) is 4.34. The van der Waals surface area contributed by atoms with Crippen molar-refractivity contribution in [1.82, 2.24) is 19.7 Å². The molecular formula is C24H26N6O2. The van der Waals surface area contributed by atoms with Gasteiger partial charge in [0.15, 0.2) is 11.6 Å². The third-order valence-corrected chi connectivity index (χ3v) is 6.10. The highest BCUT2D eigenvalue weighted by atomic mass is 16.2. The fourth-order valence-electron chi connectivity index (χ4n) is 4.34. The minimum absolute atomic E-state index is 0.0249. The maximum atomic E-state index is 13.0. The van der Waals surface area contributed by atoms with Crippen LogP contribution in [-0.4, -0.2) is 44.6 Å². The van der Waals surface area contributed by atoms with Crippen LogP contribution in [0.3, 0.4) is 0 Å². The molecule has 1 aliphatic rings. The average Bonchev–Trinajstić information content (AvgIpc) is 3.16. The number of nitrogens with one attached hydrogen (secondary N) is 1. The van der Waals surface area contributed by atoms with Crippen molar-refractivity contribution in [2.45, 2.75) is 40.5 Å². The Morgan fingerprint density at radius 1 is 1.12 bits per heavy atom. The number of anilines is 1. The number of carbonyl (C=O) groups is 2. The lowest BCUT2D eigenvalue weighted by atomic mass is 9.96. The largest absolute Gasteiger partial charge is 0.343 e. The molecule has 0 unspecified atom stereocenters. The molecule has 32 heavy (non-hydrogen) atoms. The summed E-state index contributed by atoms with van der Waals surface area (Å²) in [6, 6.07) is 8.21. The van der Waals surface area contributed by atoms with Crippen LogP contribution in [0.4, 0.5) is 5.82 Å². The maximum Gasteiger partial charge on any atom is 0.228 e. The van der Waals surface area contributed by atoms with E-state index in [1.165, 1.54) is 16.4 Å². The molecule has 8 heteroatoms. The number of hydrogen-bond donors (Lipinski definition) is 1. The van der Waals surface area contributed by atoms with Crippen LogP contribution in [0.15, 0.2) is 24.4 Å². The molecule has 3 heterocycles.